The third-order valence-corrected chi connectivity index (χ3v) is 3.32. The first kappa shape index (κ1) is 12.6. The van der Waals surface area contributed by atoms with Gasteiger partial charge in [-0.05, 0) is 13.3 Å². The van der Waals surface area contributed by atoms with Crippen molar-refractivity contribution in [1.82, 2.24) is 0 Å². The molecule has 0 bridgehead atoms. The van der Waals surface area contributed by atoms with Crippen molar-refractivity contribution in [2.75, 3.05) is 19.9 Å². The van der Waals surface area contributed by atoms with Gasteiger partial charge in [-0.3, -0.25) is 0 Å². The highest BCUT2D eigenvalue weighted by molar-refractivity contribution is 8.11. The van der Waals surface area contributed by atoms with E-state index in [0.29, 0.717) is 0 Å². The lowest BCUT2D eigenvalue weighted by atomic mass is 10.0. The molecule has 1 aliphatic rings. The Hall–Kier alpha value is 0.490. The first-order valence-corrected chi connectivity index (χ1v) is 8.14. The van der Waals surface area contributed by atoms with Gasteiger partial charge in [0, 0.05) is 5.92 Å². The Bertz CT molecular complexity index is 241. The molecule has 0 saturated carbocycles. The molecule has 0 aliphatic carbocycles. The predicted molar refractivity (Wildman–Crippen MR) is 58.1 cm³/mol. The molecule has 0 aromatic heterocycles. The molecule has 0 aromatic rings. The lowest BCUT2D eigenvalue weighted by Gasteiger charge is -2.18. The van der Waals surface area contributed by atoms with Crippen LogP contribution < -0.4 is 0 Å². The van der Waals surface area contributed by atoms with E-state index in [9.17, 15) is 10.2 Å². The summed E-state index contributed by atoms with van der Waals surface area (Å²) in [6, 6.07) is 0. The number of aliphatic hydroxyl groups excluding tert-OH is 2. The average molecular weight is 240 g/mol. The smallest absolute Gasteiger partial charge is 0.160 e. The molecule has 1 saturated heterocycles. The molecule has 1 heterocycles. The molecule has 0 radical (unpaired) electrons. The Labute approximate surface area is 89.3 Å². The minimum absolute atomic E-state index is 0.257. The van der Waals surface area contributed by atoms with Crippen LogP contribution >= 0.6 is 6.26 Å². The Morgan fingerprint density at radius 3 is 2.36 bits per heavy atom. The third-order valence-electron chi connectivity index (χ3n) is 2.23. The second-order valence-corrected chi connectivity index (χ2v) is 9.36. The van der Waals surface area contributed by atoms with Crippen molar-refractivity contribution in [2.24, 2.45) is 5.92 Å². The van der Waals surface area contributed by atoms with E-state index < -0.39 is 24.8 Å². The molecule has 1 unspecified atom stereocenters. The van der Waals surface area contributed by atoms with Gasteiger partial charge in [0.25, 0.3) is 0 Å². The van der Waals surface area contributed by atoms with E-state index in [1.807, 2.05) is 13.3 Å². The Morgan fingerprint density at radius 2 is 2.00 bits per heavy atom. The summed E-state index contributed by atoms with van der Waals surface area (Å²) in [7, 11) is 0. The Kier molecular flexibility index (Phi) is 4.09. The molecule has 0 spiro atoms. The van der Waals surface area contributed by atoms with Crippen LogP contribution in [0, 0.1) is 5.92 Å². The van der Waals surface area contributed by atoms with Gasteiger partial charge in [-0.2, -0.15) is 0 Å². The highest BCUT2D eigenvalue weighted by atomic mass is 32.4. The average Bonchev–Trinajstić information content (AvgIpc) is 2.28. The van der Waals surface area contributed by atoms with E-state index in [0.717, 1.165) is 0 Å². The molecule has 2 N–H and O–H groups in total. The summed E-state index contributed by atoms with van der Waals surface area (Å²) in [6.07, 6.45) is -3.75. The molecule has 14 heavy (non-hydrogen) atoms. The lowest BCUT2D eigenvalue weighted by Crippen LogP contribution is -2.29. The summed E-state index contributed by atoms with van der Waals surface area (Å²) >= 11 is 5.11. The van der Waals surface area contributed by atoms with Crippen molar-refractivity contribution in [3.63, 3.8) is 0 Å². The minimum Gasteiger partial charge on any atom is -0.390 e. The summed E-state index contributed by atoms with van der Waals surface area (Å²) in [6.45, 7) is 5.73. The Morgan fingerprint density at radius 1 is 1.43 bits per heavy atom. The fraction of sp³-hybridized carbons (Fsp3) is 1.00. The van der Waals surface area contributed by atoms with E-state index in [-0.39, 0.29) is 12.5 Å². The Balaban J connectivity index is 2.44. The van der Waals surface area contributed by atoms with Gasteiger partial charge in [0.15, 0.2) is 6.29 Å². The van der Waals surface area contributed by atoms with Crippen molar-refractivity contribution in [2.45, 2.75) is 25.4 Å². The highest BCUT2D eigenvalue weighted by Crippen LogP contribution is 2.39. The molecule has 1 rings (SSSR count). The van der Waals surface area contributed by atoms with Gasteiger partial charge < -0.3 is 19.5 Å². The second-order valence-electron chi connectivity index (χ2n) is 3.96. The monoisotopic (exact) mass is 240 g/mol. The van der Waals surface area contributed by atoms with E-state index in [4.69, 9.17) is 21.1 Å². The SMILES string of the molecule is C[C@H]1C(O)[C@@H](COP(C)(C)=S)O[C@H]1O. The molecule has 6 heteroatoms. The summed E-state index contributed by atoms with van der Waals surface area (Å²) in [5.74, 6) is -0.268. The van der Waals surface area contributed by atoms with Gasteiger partial charge in [-0.15, -0.1) is 0 Å². The third kappa shape index (κ3) is 3.26. The number of rotatable bonds is 3. The lowest BCUT2D eigenvalue weighted by molar-refractivity contribution is -0.113. The van der Waals surface area contributed by atoms with Crippen LogP contribution in [0.15, 0.2) is 0 Å². The standard InChI is InChI=1S/C8H17O4PS/c1-5-7(9)6(12-8(5)10)4-11-13(2,3)14/h5-10H,4H2,1-3H3/t5-,6+,7?,8+/m0/s1. The molecular weight excluding hydrogens is 223 g/mol. The molecule has 84 valence electrons. The highest BCUT2D eigenvalue weighted by Gasteiger charge is 2.40. The minimum atomic E-state index is -1.72. The van der Waals surface area contributed by atoms with Crippen molar-refractivity contribution in [1.29, 1.82) is 0 Å². The molecule has 0 aromatic carbocycles. The predicted octanol–water partition coefficient (Wildman–Crippen LogP) is 0.371. The van der Waals surface area contributed by atoms with Crippen LogP contribution in [-0.2, 0) is 21.1 Å². The van der Waals surface area contributed by atoms with Gasteiger partial charge in [0.05, 0.1) is 19.0 Å². The topological polar surface area (TPSA) is 58.9 Å². The molecule has 4 atom stereocenters. The first-order valence-electron chi connectivity index (χ1n) is 4.52. The van der Waals surface area contributed by atoms with Crippen LogP contribution in [0.4, 0.5) is 0 Å². The van der Waals surface area contributed by atoms with Crippen LogP contribution in [0.1, 0.15) is 6.92 Å². The zero-order chi connectivity index (χ0) is 10.9. The zero-order valence-electron chi connectivity index (χ0n) is 8.58. The summed E-state index contributed by atoms with van der Waals surface area (Å²) in [5, 5.41) is 19.0. The molecule has 0 amide bonds. The van der Waals surface area contributed by atoms with Crippen LogP contribution in [-0.4, -0.2) is 48.6 Å². The summed E-state index contributed by atoms with van der Waals surface area (Å²) in [4.78, 5) is 0. The largest absolute Gasteiger partial charge is 0.390 e. The van der Waals surface area contributed by atoms with Crippen LogP contribution in [0.25, 0.3) is 0 Å². The van der Waals surface area contributed by atoms with E-state index in [1.54, 1.807) is 6.92 Å². The zero-order valence-corrected chi connectivity index (χ0v) is 10.3. The van der Waals surface area contributed by atoms with Crippen LogP contribution in [0.3, 0.4) is 0 Å². The van der Waals surface area contributed by atoms with Crippen LogP contribution in [0.2, 0.25) is 0 Å². The summed E-state index contributed by atoms with van der Waals surface area (Å²) < 4.78 is 10.5. The van der Waals surface area contributed by atoms with Gasteiger partial charge in [-0.25, -0.2) is 0 Å². The normalized spacial score (nSPS) is 38.9. The van der Waals surface area contributed by atoms with Gasteiger partial charge in [0.1, 0.15) is 6.10 Å². The number of ether oxygens (including phenoxy) is 1. The maximum Gasteiger partial charge on any atom is 0.160 e. The van der Waals surface area contributed by atoms with Crippen molar-refractivity contribution >= 4 is 18.1 Å². The van der Waals surface area contributed by atoms with Gasteiger partial charge in [0.2, 0.25) is 0 Å². The van der Waals surface area contributed by atoms with Crippen molar-refractivity contribution in [3.8, 4) is 0 Å². The quantitative estimate of drug-likeness (QED) is 0.698. The fourth-order valence-corrected chi connectivity index (χ4v) is 1.97. The molecular formula is C8H17O4PS. The number of hydrogen-bond acceptors (Lipinski definition) is 5. The van der Waals surface area contributed by atoms with E-state index in [2.05, 4.69) is 0 Å². The number of aliphatic hydroxyl groups is 2. The second kappa shape index (κ2) is 4.56. The van der Waals surface area contributed by atoms with Gasteiger partial charge in [-0.1, -0.05) is 18.7 Å². The fourth-order valence-electron chi connectivity index (χ4n) is 1.28. The van der Waals surface area contributed by atoms with E-state index in [1.165, 1.54) is 0 Å². The van der Waals surface area contributed by atoms with Crippen molar-refractivity contribution in [3.05, 3.63) is 0 Å². The molecule has 1 aliphatic heterocycles. The summed E-state index contributed by atoms with van der Waals surface area (Å²) in [5.41, 5.74) is 0. The first-order chi connectivity index (χ1) is 6.31. The molecule has 4 nitrogen and oxygen atoms in total. The van der Waals surface area contributed by atoms with E-state index >= 15 is 0 Å². The van der Waals surface area contributed by atoms with Crippen molar-refractivity contribution < 1.29 is 19.5 Å². The molecule has 1 fully saturated rings. The number of hydrogen-bond donors (Lipinski definition) is 2. The maximum atomic E-state index is 9.64. The van der Waals surface area contributed by atoms with Gasteiger partial charge >= 0.3 is 0 Å². The maximum absolute atomic E-state index is 9.64. The van der Waals surface area contributed by atoms with Crippen LogP contribution in [0.5, 0.6) is 0 Å².